The summed E-state index contributed by atoms with van der Waals surface area (Å²) in [5.74, 6) is -0.0102. The number of sulfonamides is 1. The van der Waals surface area contributed by atoms with Crippen molar-refractivity contribution in [1.82, 2.24) is 20.2 Å². The van der Waals surface area contributed by atoms with Crippen LogP contribution in [0.4, 0.5) is 0 Å². The molecule has 4 rings (SSSR count). The van der Waals surface area contributed by atoms with E-state index in [4.69, 9.17) is 5.14 Å². The number of primary sulfonamides is 1. The Morgan fingerprint density at radius 2 is 1.69 bits per heavy atom. The van der Waals surface area contributed by atoms with Crippen LogP contribution in [0.15, 0.2) is 71.9 Å². The first-order valence-electron chi connectivity index (χ1n) is 11.4. The maximum Gasteiger partial charge on any atom is 7.00 e. The quantitative estimate of drug-likeness (QED) is 0.383. The van der Waals surface area contributed by atoms with E-state index in [-0.39, 0.29) is 36.9 Å². The Balaban J connectivity index is 0.00000342. The third-order valence-corrected chi connectivity index (χ3v) is 6.87. The van der Waals surface area contributed by atoms with Gasteiger partial charge in [0.05, 0.1) is 22.3 Å². The van der Waals surface area contributed by atoms with Crippen molar-refractivity contribution in [2.24, 2.45) is 5.14 Å². The molecule has 0 saturated carbocycles. The van der Waals surface area contributed by atoms with Crippen LogP contribution in [0, 0.1) is 0 Å². The second kappa shape index (κ2) is 12.5. The van der Waals surface area contributed by atoms with Gasteiger partial charge in [0, 0.05) is 31.9 Å². The van der Waals surface area contributed by atoms with E-state index in [0.717, 1.165) is 35.5 Å². The number of fused-ring (bicyclic) bond motifs is 1. The summed E-state index contributed by atoms with van der Waals surface area (Å²) in [4.78, 5) is 23.9. The number of benzene rings is 1. The number of nitrogens with zero attached hydrogens (tertiary/aromatic N) is 3. The topological polar surface area (TPSA) is 118 Å². The van der Waals surface area contributed by atoms with E-state index >= 15 is 0 Å². The number of carbonyl (C=O) groups excluding carboxylic acids is 1. The zero-order valence-corrected chi connectivity index (χ0v) is 22.0. The first-order valence-corrected chi connectivity index (χ1v) is 12.9. The van der Waals surface area contributed by atoms with Crippen molar-refractivity contribution < 1.29 is 33.3 Å². The largest absolute Gasteiger partial charge is 7.00 e. The van der Waals surface area contributed by atoms with Crippen molar-refractivity contribution >= 4 is 15.9 Å². The molecule has 2 aromatic heterocycles. The Morgan fingerprint density at radius 1 is 1.03 bits per heavy atom. The second-order valence-corrected chi connectivity index (χ2v) is 10.1. The summed E-state index contributed by atoms with van der Waals surface area (Å²) in [6.07, 6.45) is 6.14. The Kier molecular flexibility index (Phi) is 9.65. The molecule has 178 valence electrons. The minimum atomic E-state index is -3.73. The van der Waals surface area contributed by atoms with E-state index in [0.29, 0.717) is 32.4 Å². The number of aromatic nitrogens is 2. The fraction of sp³-hybridized carbons (Fsp3) is 0.320. The number of hydrogen-bond acceptors (Lipinski definition) is 6. The van der Waals surface area contributed by atoms with Gasteiger partial charge < -0.3 is 5.32 Å². The van der Waals surface area contributed by atoms with Crippen molar-refractivity contribution in [3.8, 4) is 0 Å². The number of rotatable bonds is 10. The van der Waals surface area contributed by atoms with Crippen LogP contribution in [0.25, 0.3) is 0 Å². The molecule has 0 aliphatic heterocycles. The molecule has 0 fully saturated rings. The molecular formula is C25H29N5O3STc+7. The van der Waals surface area contributed by atoms with Crippen molar-refractivity contribution in [2.45, 2.75) is 49.7 Å². The maximum absolute atomic E-state index is 12.7. The number of carbonyl (C=O) groups is 1. The SMILES string of the molecule is NS(=O)(=O)c1ccc2c(c1)CCC2NC(=O)CCCN(Cc1ccccn1)Cc1ccccn1.[Tc+7]. The van der Waals surface area contributed by atoms with Crippen LogP contribution < -0.4 is 10.5 Å². The van der Waals surface area contributed by atoms with Crippen molar-refractivity contribution in [2.75, 3.05) is 6.54 Å². The number of aryl methyl sites for hydroxylation is 1. The minimum Gasteiger partial charge on any atom is -0.349 e. The molecule has 8 nitrogen and oxygen atoms in total. The molecule has 3 N–H and O–H groups in total. The molecule has 0 spiro atoms. The summed E-state index contributed by atoms with van der Waals surface area (Å²) in [7, 11) is -3.73. The smallest absolute Gasteiger partial charge is 0.349 e. The monoisotopic (exact) mass is 576 g/mol. The molecule has 1 aliphatic carbocycles. The van der Waals surface area contributed by atoms with Gasteiger partial charge in [0.2, 0.25) is 15.9 Å². The van der Waals surface area contributed by atoms with Gasteiger partial charge in [-0.3, -0.25) is 19.7 Å². The average molecular weight is 578 g/mol. The summed E-state index contributed by atoms with van der Waals surface area (Å²) in [6, 6.07) is 16.5. The zero-order valence-electron chi connectivity index (χ0n) is 19.3. The summed E-state index contributed by atoms with van der Waals surface area (Å²) in [5, 5.41) is 8.34. The minimum absolute atomic E-state index is 0. The van der Waals surface area contributed by atoms with E-state index in [1.165, 1.54) is 6.07 Å². The molecule has 10 heteroatoms. The number of nitrogens with one attached hydrogen (secondary N) is 1. The van der Waals surface area contributed by atoms with Crippen LogP contribution in [0.1, 0.15) is 47.8 Å². The van der Waals surface area contributed by atoms with Crippen molar-refractivity contribution in [1.29, 1.82) is 0 Å². The van der Waals surface area contributed by atoms with E-state index in [9.17, 15) is 13.2 Å². The van der Waals surface area contributed by atoms with E-state index in [1.54, 1.807) is 24.5 Å². The van der Waals surface area contributed by atoms with Crippen LogP contribution in [0.3, 0.4) is 0 Å². The van der Waals surface area contributed by atoms with Crippen LogP contribution in [-0.2, 0) is 54.4 Å². The first-order chi connectivity index (χ1) is 16.4. The van der Waals surface area contributed by atoms with Gasteiger partial charge in [-0.25, -0.2) is 13.6 Å². The number of nitrogens with two attached hydrogens (primary N) is 1. The molecule has 1 aromatic carbocycles. The predicted octanol–water partition coefficient (Wildman–Crippen LogP) is 2.71. The summed E-state index contributed by atoms with van der Waals surface area (Å²) >= 11 is 0. The molecule has 35 heavy (non-hydrogen) atoms. The van der Waals surface area contributed by atoms with Gasteiger partial charge in [0.15, 0.2) is 0 Å². The summed E-state index contributed by atoms with van der Waals surface area (Å²) in [5.41, 5.74) is 3.84. The molecule has 1 unspecified atom stereocenters. The van der Waals surface area contributed by atoms with Gasteiger partial charge >= 0.3 is 20.1 Å². The Labute approximate surface area is 219 Å². The van der Waals surface area contributed by atoms with Gasteiger partial charge in [-0.2, -0.15) is 0 Å². The van der Waals surface area contributed by atoms with Crippen molar-refractivity contribution in [3.05, 3.63) is 89.5 Å². The van der Waals surface area contributed by atoms with Gasteiger partial charge in [-0.05, 0) is 73.3 Å². The Morgan fingerprint density at radius 3 is 2.26 bits per heavy atom. The van der Waals surface area contributed by atoms with E-state index in [2.05, 4.69) is 20.2 Å². The van der Waals surface area contributed by atoms with Gasteiger partial charge in [-0.1, -0.05) is 18.2 Å². The molecule has 1 amide bonds. The van der Waals surface area contributed by atoms with Crippen LogP contribution in [0.2, 0.25) is 0 Å². The third kappa shape index (κ3) is 7.75. The normalized spacial score (nSPS) is 14.9. The Bertz CT molecular complexity index is 1180. The maximum atomic E-state index is 12.7. The molecule has 0 bridgehead atoms. The van der Waals surface area contributed by atoms with Gasteiger partial charge in [0.1, 0.15) is 0 Å². The van der Waals surface area contributed by atoms with Crippen LogP contribution in [-0.4, -0.2) is 35.7 Å². The predicted molar refractivity (Wildman–Crippen MR) is 129 cm³/mol. The Hall–Kier alpha value is -2.49. The first kappa shape index (κ1) is 27.1. The zero-order chi connectivity index (χ0) is 24.0. The summed E-state index contributed by atoms with van der Waals surface area (Å²) in [6.45, 7) is 2.10. The standard InChI is InChI=1S/C25H29N5O3S.Tc/c26-34(32,33)22-10-11-23-19(16-22)9-12-24(23)29-25(31)8-5-15-30(17-20-6-1-3-13-27-20)18-21-7-2-4-14-28-21;/h1-4,6-7,10-11,13-14,16,24H,5,8-9,12,15,17-18H2,(H,29,31)(H2,26,32,33);/q;+7. The second-order valence-electron chi connectivity index (χ2n) is 8.52. The molecule has 3 aromatic rings. The molecule has 1 aliphatic rings. The average Bonchev–Trinajstić information content (AvgIpc) is 3.22. The number of pyridine rings is 2. The molecule has 0 radical (unpaired) electrons. The number of amides is 1. The van der Waals surface area contributed by atoms with Gasteiger partial charge in [-0.15, -0.1) is 0 Å². The number of hydrogen-bond donors (Lipinski definition) is 2. The van der Waals surface area contributed by atoms with Crippen LogP contribution >= 0.6 is 0 Å². The summed E-state index contributed by atoms with van der Waals surface area (Å²) < 4.78 is 23.2. The van der Waals surface area contributed by atoms with E-state index in [1.807, 2.05) is 36.4 Å². The molecule has 2 heterocycles. The van der Waals surface area contributed by atoms with Gasteiger partial charge in [0.25, 0.3) is 0 Å². The molecular weight excluding hydrogens is 548 g/mol. The fourth-order valence-corrected chi connectivity index (χ4v) is 4.87. The molecule has 0 saturated heterocycles. The van der Waals surface area contributed by atoms with Crippen molar-refractivity contribution in [3.63, 3.8) is 0 Å². The molecule has 1 atom stereocenters. The fourth-order valence-electron chi connectivity index (χ4n) is 4.31. The third-order valence-electron chi connectivity index (χ3n) is 5.96. The van der Waals surface area contributed by atoms with Crippen LogP contribution in [0.5, 0.6) is 0 Å². The van der Waals surface area contributed by atoms with E-state index < -0.39 is 10.0 Å².